The second kappa shape index (κ2) is 19.0. The highest BCUT2D eigenvalue weighted by atomic mass is 32.2. The summed E-state index contributed by atoms with van der Waals surface area (Å²) in [4.78, 5) is 27.5. The lowest BCUT2D eigenvalue weighted by Gasteiger charge is -2.27. The molecule has 22 heteroatoms. The molecule has 336 valence electrons. The van der Waals surface area contributed by atoms with E-state index >= 15 is 0 Å². The number of fused-ring (bicyclic) bond motifs is 2. The monoisotopic (exact) mass is 930 g/mol. The van der Waals surface area contributed by atoms with E-state index in [4.69, 9.17) is 14.0 Å². The topological polar surface area (TPSA) is 279 Å². The fourth-order valence-corrected chi connectivity index (χ4v) is 9.55. The Hall–Kier alpha value is -4.29. The van der Waals surface area contributed by atoms with Crippen LogP contribution in [0.2, 0.25) is 0 Å². The van der Waals surface area contributed by atoms with Gasteiger partial charge in [0.05, 0.1) is 61.8 Å². The molecule has 0 saturated heterocycles. The zero-order valence-electron chi connectivity index (χ0n) is 34.2. The SMILES string of the molecule is CCCOC(=O)c1cccc2c1C(C)(C)C(/C=C/C=C/C=C1/N(CCCS(=O)(=O)O)c3cc(S(=O)(=O)O)cc(C(=O)OCCCS(=O)(=O)O)c3C1(C)C)=[N+]2CCCS(=O)(=O)[O-]. The van der Waals surface area contributed by atoms with Gasteiger partial charge in [0.2, 0.25) is 5.69 Å². The van der Waals surface area contributed by atoms with Crippen LogP contribution in [-0.4, -0.2) is 118 Å². The van der Waals surface area contributed by atoms with E-state index in [1.54, 1.807) is 62.4 Å². The maximum absolute atomic E-state index is 13.5. The van der Waals surface area contributed by atoms with Crippen molar-refractivity contribution in [3.63, 3.8) is 0 Å². The first kappa shape index (κ1) is 49.4. The molecule has 0 bridgehead atoms. The highest BCUT2D eigenvalue weighted by Crippen LogP contribution is 2.50. The second-order valence-corrected chi connectivity index (χ2v) is 21.5. The summed E-state index contributed by atoms with van der Waals surface area (Å²) in [6, 6.07) is 7.13. The van der Waals surface area contributed by atoms with Crippen molar-refractivity contribution in [3.8, 4) is 0 Å². The molecule has 0 spiro atoms. The van der Waals surface area contributed by atoms with Gasteiger partial charge < -0.3 is 18.9 Å². The zero-order valence-corrected chi connectivity index (χ0v) is 37.5. The van der Waals surface area contributed by atoms with Crippen LogP contribution in [0.25, 0.3) is 0 Å². The predicted molar refractivity (Wildman–Crippen MR) is 224 cm³/mol. The van der Waals surface area contributed by atoms with Gasteiger partial charge in [0.25, 0.3) is 30.4 Å². The average Bonchev–Trinajstić information content (AvgIpc) is 3.48. The molecule has 0 aliphatic carbocycles. The van der Waals surface area contributed by atoms with Crippen molar-refractivity contribution in [2.24, 2.45) is 0 Å². The number of carbonyl (C=O) groups is 2. The predicted octanol–water partition coefficient (Wildman–Crippen LogP) is 4.32. The Morgan fingerprint density at radius 2 is 1.39 bits per heavy atom. The minimum Gasteiger partial charge on any atom is -0.748 e. The summed E-state index contributed by atoms with van der Waals surface area (Å²) in [5, 5.41) is 0. The molecular weight excluding hydrogens is 881 g/mol. The number of hydrogen-bond donors (Lipinski definition) is 3. The van der Waals surface area contributed by atoms with Gasteiger partial charge in [-0.25, -0.2) is 18.0 Å². The highest BCUT2D eigenvalue weighted by molar-refractivity contribution is 7.86. The number of esters is 2. The number of allylic oxidation sites excluding steroid dienone is 6. The van der Waals surface area contributed by atoms with Gasteiger partial charge in [-0.15, -0.1) is 0 Å². The quantitative estimate of drug-likeness (QED) is 0.0548. The maximum atomic E-state index is 13.5. The summed E-state index contributed by atoms with van der Waals surface area (Å²) >= 11 is 0. The van der Waals surface area contributed by atoms with Crippen molar-refractivity contribution in [2.75, 3.05) is 48.5 Å². The number of carbonyl (C=O) groups excluding carboxylic acids is 2. The van der Waals surface area contributed by atoms with Crippen molar-refractivity contribution in [2.45, 2.75) is 76.0 Å². The molecule has 61 heavy (non-hydrogen) atoms. The van der Waals surface area contributed by atoms with E-state index in [1.807, 2.05) is 25.3 Å². The van der Waals surface area contributed by atoms with Crippen LogP contribution in [0.1, 0.15) is 92.1 Å². The van der Waals surface area contributed by atoms with E-state index in [2.05, 4.69) is 0 Å². The van der Waals surface area contributed by atoms with Crippen LogP contribution in [-0.2, 0) is 60.8 Å². The minimum absolute atomic E-state index is 0.00636. The van der Waals surface area contributed by atoms with Crippen LogP contribution < -0.4 is 4.90 Å². The van der Waals surface area contributed by atoms with Crippen molar-refractivity contribution in [3.05, 3.63) is 88.7 Å². The van der Waals surface area contributed by atoms with Crippen LogP contribution in [0.4, 0.5) is 11.4 Å². The Morgan fingerprint density at radius 3 is 2.00 bits per heavy atom. The molecule has 0 aromatic heterocycles. The average molecular weight is 931 g/mol. The van der Waals surface area contributed by atoms with Crippen LogP contribution in [0.5, 0.6) is 0 Å². The third kappa shape index (κ3) is 12.4. The first-order valence-electron chi connectivity index (χ1n) is 19.1. The molecule has 3 N–H and O–H groups in total. The van der Waals surface area contributed by atoms with Crippen molar-refractivity contribution in [1.29, 1.82) is 0 Å². The van der Waals surface area contributed by atoms with E-state index in [9.17, 15) is 56.9 Å². The van der Waals surface area contributed by atoms with Gasteiger partial charge in [0.1, 0.15) is 6.54 Å². The first-order valence-corrected chi connectivity index (χ1v) is 25.3. The Morgan fingerprint density at radius 1 is 0.770 bits per heavy atom. The minimum atomic E-state index is -4.94. The Kier molecular flexibility index (Phi) is 15.4. The number of benzene rings is 2. The van der Waals surface area contributed by atoms with Crippen LogP contribution in [0.3, 0.4) is 0 Å². The third-order valence-electron chi connectivity index (χ3n) is 10.1. The summed E-state index contributed by atoms with van der Waals surface area (Å²) in [6.45, 7) is 8.77. The van der Waals surface area contributed by atoms with Gasteiger partial charge in [-0.3, -0.25) is 13.7 Å². The molecule has 0 atom stereocenters. The molecule has 4 rings (SSSR count). The molecule has 2 heterocycles. The fraction of sp³-hybridized carbons (Fsp3) is 0.462. The molecule has 2 aliphatic heterocycles. The number of nitrogens with zero attached hydrogens (tertiary/aromatic N) is 2. The first-order chi connectivity index (χ1) is 28.1. The molecule has 0 amide bonds. The van der Waals surface area contributed by atoms with Gasteiger partial charge >= 0.3 is 11.9 Å². The number of ether oxygens (including phenoxy) is 2. The third-order valence-corrected chi connectivity index (χ3v) is 13.3. The van der Waals surface area contributed by atoms with Gasteiger partial charge in [-0.2, -0.15) is 29.8 Å². The lowest BCUT2D eigenvalue weighted by molar-refractivity contribution is -0.437. The standard InChI is InChI=1S/C39H50N2O16S4/c1-6-20-56-36(42)28-14-10-15-30-34(28)38(2,3)32(40(30)18-11-22-58(44,45)46)16-8-7-9-17-33-39(4,5)35-29(37(43)57-21-13-24-60(50,51)52)25-27(61(53,54)55)26-31(35)41(33)19-12-23-59(47,48)49/h7-10,14-17,25-26H,6,11-13,18-24H2,1-5H3,(H3-,44,45,46,47,48,49,50,51,52,53,54,55). The number of rotatable bonds is 20. The van der Waals surface area contributed by atoms with E-state index in [0.29, 0.717) is 34.6 Å². The smallest absolute Gasteiger partial charge is 0.338 e. The molecular formula is C39H50N2O16S4. The molecule has 0 saturated carbocycles. The van der Waals surface area contributed by atoms with E-state index in [0.717, 1.165) is 12.1 Å². The van der Waals surface area contributed by atoms with Gasteiger partial charge in [-0.1, -0.05) is 45.1 Å². The largest absolute Gasteiger partial charge is 0.748 e. The summed E-state index contributed by atoms with van der Waals surface area (Å²) in [7, 11) is -18.3. The number of anilines is 1. The molecule has 2 aromatic carbocycles. The van der Waals surface area contributed by atoms with Crippen molar-refractivity contribution >= 4 is 69.5 Å². The molecule has 0 radical (unpaired) electrons. The zero-order chi connectivity index (χ0) is 45.8. The maximum Gasteiger partial charge on any atom is 0.338 e. The van der Waals surface area contributed by atoms with Gasteiger partial charge in [0.15, 0.2) is 5.71 Å². The normalized spacial score (nSPS) is 17.1. The lowest BCUT2D eigenvalue weighted by atomic mass is 9.79. The van der Waals surface area contributed by atoms with Gasteiger partial charge in [0, 0.05) is 53.2 Å². The summed E-state index contributed by atoms with van der Waals surface area (Å²) < 4.78 is 146. The van der Waals surface area contributed by atoms with Gasteiger partial charge in [-0.05, 0) is 57.4 Å². The Balaban J connectivity index is 1.80. The highest BCUT2D eigenvalue weighted by Gasteiger charge is 2.47. The van der Waals surface area contributed by atoms with Crippen LogP contribution in [0, 0.1) is 0 Å². The summed E-state index contributed by atoms with van der Waals surface area (Å²) in [6.07, 6.45) is 8.47. The summed E-state index contributed by atoms with van der Waals surface area (Å²) in [5.41, 5.74) is 0.761. The molecule has 18 nitrogen and oxygen atoms in total. The second-order valence-electron chi connectivity index (χ2n) is 15.4. The van der Waals surface area contributed by atoms with E-state index < -0.39 is 92.0 Å². The van der Waals surface area contributed by atoms with Crippen LogP contribution >= 0.6 is 0 Å². The summed E-state index contributed by atoms with van der Waals surface area (Å²) in [5.74, 6) is -3.59. The number of hydrogen-bond acceptors (Lipinski definition) is 14. The van der Waals surface area contributed by atoms with Crippen molar-refractivity contribution in [1.82, 2.24) is 0 Å². The fourth-order valence-electron chi connectivity index (χ4n) is 7.56. The molecule has 0 fully saturated rings. The lowest BCUT2D eigenvalue weighted by Crippen LogP contribution is -2.29. The van der Waals surface area contributed by atoms with E-state index in [-0.39, 0.29) is 55.8 Å². The Labute approximate surface area is 356 Å². The molecule has 0 unspecified atom stereocenters. The van der Waals surface area contributed by atoms with Crippen LogP contribution in [0.15, 0.2) is 71.3 Å². The van der Waals surface area contributed by atoms with E-state index in [1.165, 1.54) is 4.90 Å². The molecule has 2 aliphatic rings. The Bertz CT molecular complexity index is 2630. The molecule has 2 aromatic rings. The van der Waals surface area contributed by atoms with Crippen molar-refractivity contribution < 1.29 is 75.5 Å².